The average molecular weight is 396 g/mol. The second-order valence-corrected chi connectivity index (χ2v) is 7.44. The predicted octanol–water partition coefficient (Wildman–Crippen LogP) is 4.93. The lowest BCUT2D eigenvalue weighted by atomic mass is 9.84. The highest BCUT2D eigenvalue weighted by Crippen LogP contribution is 2.35. The Labute approximate surface area is 154 Å². The predicted molar refractivity (Wildman–Crippen MR) is 102 cm³/mol. The molecule has 1 fully saturated rings. The van der Waals surface area contributed by atoms with Crippen LogP contribution in [-0.2, 0) is 15.1 Å². The molecule has 4 heteroatoms. The summed E-state index contributed by atoms with van der Waals surface area (Å²) in [7, 11) is 0. The van der Waals surface area contributed by atoms with Gasteiger partial charge in [0, 0.05) is 24.6 Å². The number of carbonyl (C=O) groups excluding carboxylic acids is 1. The van der Waals surface area contributed by atoms with Crippen LogP contribution in [0, 0.1) is 0 Å². The fraction of sp³-hybridized carbons (Fsp3) is 0.650. The van der Waals surface area contributed by atoms with E-state index in [9.17, 15) is 4.79 Å². The van der Waals surface area contributed by atoms with Gasteiger partial charge < -0.3 is 10.1 Å². The van der Waals surface area contributed by atoms with Gasteiger partial charge in [-0.25, -0.2) is 0 Å². The van der Waals surface area contributed by atoms with Crippen molar-refractivity contribution in [2.45, 2.75) is 63.4 Å². The fourth-order valence-electron chi connectivity index (χ4n) is 3.36. The molecular formula is C20H30BrNO2. The van der Waals surface area contributed by atoms with Gasteiger partial charge >= 0.3 is 5.97 Å². The molecular weight excluding hydrogens is 366 g/mol. The van der Waals surface area contributed by atoms with Crippen molar-refractivity contribution in [2.24, 2.45) is 0 Å². The monoisotopic (exact) mass is 395 g/mol. The molecule has 1 heterocycles. The number of esters is 1. The fourth-order valence-corrected chi connectivity index (χ4v) is 3.76. The number of carbonyl (C=O) groups is 1. The first-order chi connectivity index (χ1) is 11.8. The lowest BCUT2D eigenvalue weighted by Crippen LogP contribution is -2.43. The Hall–Kier alpha value is -0.870. The van der Waals surface area contributed by atoms with Gasteiger partial charge in [-0.1, -0.05) is 71.9 Å². The van der Waals surface area contributed by atoms with E-state index in [0.29, 0.717) is 6.42 Å². The summed E-state index contributed by atoms with van der Waals surface area (Å²) in [5, 5.41) is 4.46. The van der Waals surface area contributed by atoms with E-state index in [-0.39, 0.29) is 5.97 Å². The molecule has 1 aliphatic heterocycles. The summed E-state index contributed by atoms with van der Waals surface area (Å²) >= 11 is 3.46. The van der Waals surface area contributed by atoms with E-state index in [4.69, 9.17) is 4.74 Å². The third kappa shape index (κ3) is 6.21. The molecule has 1 N–H and O–H groups in total. The molecule has 1 saturated heterocycles. The highest BCUT2D eigenvalue weighted by molar-refractivity contribution is 9.09. The first-order valence-corrected chi connectivity index (χ1v) is 10.4. The van der Waals surface area contributed by atoms with E-state index >= 15 is 0 Å². The molecule has 0 atom stereocenters. The van der Waals surface area contributed by atoms with Crippen molar-refractivity contribution < 1.29 is 9.53 Å². The van der Waals surface area contributed by atoms with Crippen LogP contribution in [0.15, 0.2) is 30.3 Å². The molecule has 0 saturated carbocycles. The van der Waals surface area contributed by atoms with Crippen LogP contribution in [0.5, 0.6) is 0 Å². The lowest BCUT2D eigenvalue weighted by molar-refractivity contribution is -0.164. The Balaban J connectivity index is 1.79. The van der Waals surface area contributed by atoms with E-state index in [0.717, 1.165) is 49.7 Å². The standard InChI is InChI=1S/C20H30BrNO2/c21-15-9-4-2-1-3-8-12-19(23)24-20(13-16-22-17-14-20)18-10-6-5-7-11-18/h5-7,10-11,22H,1-4,8-9,12-17H2. The molecule has 0 bridgehead atoms. The SMILES string of the molecule is O=C(CCCCCCCCBr)OC1(c2ccccc2)CCNCC1. The van der Waals surface area contributed by atoms with Crippen molar-refractivity contribution in [1.82, 2.24) is 5.32 Å². The van der Waals surface area contributed by atoms with Crippen molar-refractivity contribution in [3.8, 4) is 0 Å². The zero-order valence-corrected chi connectivity index (χ0v) is 16.2. The first-order valence-electron chi connectivity index (χ1n) is 9.31. The molecule has 0 amide bonds. The molecule has 3 nitrogen and oxygen atoms in total. The number of nitrogens with one attached hydrogen (secondary N) is 1. The Morgan fingerprint density at radius 1 is 1.00 bits per heavy atom. The molecule has 1 aliphatic rings. The topological polar surface area (TPSA) is 38.3 Å². The van der Waals surface area contributed by atoms with Crippen molar-refractivity contribution in [3.63, 3.8) is 0 Å². The Morgan fingerprint density at radius 2 is 1.62 bits per heavy atom. The van der Waals surface area contributed by atoms with Crippen molar-refractivity contribution >= 4 is 21.9 Å². The quantitative estimate of drug-likeness (QED) is 0.346. The number of alkyl halides is 1. The van der Waals surface area contributed by atoms with Gasteiger partial charge in [-0.2, -0.15) is 0 Å². The normalized spacial score (nSPS) is 16.7. The van der Waals surface area contributed by atoms with E-state index in [1.54, 1.807) is 0 Å². The second kappa shape index (κ2) is 10.9. The molecule has 2 rings (SSSR count). The smallest absolute Gasteiger partial charge is 0.306 e. The van der Waals surface area contributed by atoms with Crippen LogP contribution in [0.3, 0.4) is 0 Å². The third-order valence-electron chi connectivity index (χ3n) is 4.78. The molecule has 134 valence electrons. The molecule has 0 aromatic heterocycles. The Bertz CT molecular complexity index is 472. The van der Waals surface area contributed by atoms with E-state index < -0.39 is 5.60 Å². The summed E-state index contributed by atoms with van der Waals surface area (Å²) in [5.41, 5.74) is 0.703. The molecule has 24 heavy (non-hydrogen) atoms. The summed E-state index contributed by atoms with van der Waals surface area (Å²) in [6, 6.07) is 10.2. The number of benzene rings is 1. The molecule has 0 radical (unpaired) electrons. The maximum atomic E-state index is 12.4. The summed E-state index contributed by atoms with van der Waals surface area (Å²) in [6.45, 7) is 1.80. The summed E-state index contributed by atoms with van der Waals surface area (Å²) in [5.74, 6) is -0.0405. The van der Waals surface area contributed by atoms with E-state index in [2.05, 4.69) is 33.4 Å². The van der Waals surface area contributed by atoms with Gasteiger partial charge in [-0.3, -0.25) is 4.79 Å². The number of hydrogen-bond acceptors (Lipinski definition) is 3. The Morgan fingerprint density at radius 3 is 2.29 bits per heavy atom. The minimum absolute atomic E-state index is 0.0405. The number of piperidine rings is 1. The van der Waals surface area contributed by atoms with Crippen molar-refractivity contribution in [1.29, 1.82) is 0 Å². The highest BCUT2D eigenvalue weighted by Gasteiger charge is 2.37. The zero-order chi connectivity index (χ0) is 17.1. The maximum absolute atomic E-state index is 12.4. The van der Waals surface area contributed by atoms with Gasteiger partial charge in [0.15, 0.2) is 0 Å². The summed E-state index contributed by atoms with van der Waals surface area (Å²) in [6.07, 6.45) is 9.32. The van der Waals surface area contributed by atoms with Crippen LogP contribution in [0.2, 0.25) is 0 Å². The maximum Gasteiger partial charge on any atom is 0.306 e. The first kappa shape index (κ1) is 19.5. The number of halogens is 1. The van der Waals surface area contributed by atoms with Crippen LogP contribution >= 0.6 is 15.9 Å². The van der Waals surface area contributed by atoms with Crippen LogP contribution < -0.4 is 5.32 Å². The van der Waals surface area contributed by atoms with Gasteiger partial charge in [0.25, 0.3) is 0 Å². The van der Waals surface area contributed by atoms with Crippen LogP contribution in [0.25, 0.3) is 0 Å². The van der Waals surface area contributed by atoms with Crippen LogP contribution in [0.4, 0.5) is 0 Å². The zero-order valence-electron chi connectivity index (χ0n) is 14.6. The number of unbranched alkanes of at least 4 members (excludes halogenated alkanes) is 5. The molecule has 0 unspecified atom stereocenters. The second-order valence-electron chi connectivity index (χ2n) is 6.64. The summed E-state index contributed by atoms with van der Waals surface area (Å²) < 4.78 is 6.02. The van der Waals surface area contributed by atoms with Crippen molar-refractivity contribution in [3.05, 3.63) is 35.9 Å². The molecule has 1 aromatic carbocycles. The van der Waals surface area contributed by atoms with E-state index in [1.165, 1.54) is 25.7 Å². The van der Waals surface area contributed by atoms with E-state index in [1.807, 2.05) is 18.2 Å². The van der Waals surface area contributed by atoms with Gasteiger partial charge in [-0.15, -0.1) is 0 Å². The molecule has 0 aliphatic carbocycles. The van der Waals surface area contributed by atoms with Crippen LogP contribution in [0.1, 0.15) is 63.4 Å². The van der Waals surface area contributed by atoms with Gasteiger partial charge in [0.1, 0.15) is 5.60 Å². The largest absolute Gasteiger partial charge is 0.454 e. The van der Waals surface area contributed by atoms with Crippen LogP contribution in [-0.4, -0.2) is 24.4 Å². The molecule has 0 spiro atoms. The van der Waals surface area contributed by atoms with Gasteiger partial charge in [-0.05, 0) is 31.5 Å². The minimum Gasteiger partial charge on any atom is -0.454 e. The number of ether oxygens (including phenoxy) is 1. The van der Waals surface area contributed by atoms with Crippen molar-refractivity contribution in [2.75, 3.05) is 18.4 Å². The number of rotatable bonds is 10. The third-order valence-corrected chi connectivity index (χ3v) is 5.35. The van der Waals surface area contributed by atoms with Gasteiger partial charge in [0.05, 0.1) is 0 Å². The molecule has 1 aromatic rings. The minimum atomic E-state index is -0.431. The number of hydrogen-bond donors (Lipinski definition) is 1. The highest BCUT2D eigenvalue weighted by atomic mass is 79.9. The lowest BCUT2D eigenvalue weighted by Gasteiger charge is -2.37. The summed E-state index contributed by atoms with van der Waals surface area (Å²) in [4.78, 5) is 12.4. The van der Waals surface area contributed by atoms with Gasteiger partial charge in [0.2, 0.25) is 0 Å². The Kier molecular flexibility index (Phi) is 8.82. The average Bonchev–Trinajstić information content (AvgIpc) is 2.62.